The van der Waals surface area contributed by atoms with Gasteiger partial charge in [-0.25, -0.2) is 0 Å². The molecule has 0 heterocycles. The van der Waals surface area contributed by atoms with Crippen molar-refractivity contribution in [3.63, 3.8) is 0 Å². The molecule has 0 spiro atoms. The molecule has 0 N–H and O–H groups in total. The summed E-state index contributed by atoms with van der Waals surface area (Å²) in [6.45, 7) is 3.13. The normalized spacial score (nSPS) is 14.1. The highest BCUT2D eigenvalue weighted by molar-refractivity contribution is 6.38. The molecule has 0 aliphatic rings. The minimum Gasteiger partial charge on any atom is -0.303 e. The van der Waals surface area contributed by atoms with Gasteiger partial charge in [-0.05, 0) is 0 Å². The van der Waals surface area contributed by atoms with Gasteiger partial charge < -0.3 is 9.59 Å². The quantitative estimate of drug-likeness (QED) is 0.443. The van der Waals surface area contributed by atoms with E-state index in [0.29, 0.717) is 12.6 Å². The van der Waals surface area contributed by atoms with E-state index in [1.165, 1.54) is 0 Å². The first kappa shape index (κ1) is 12.7. The number of carbonyl (C=O) groups excluding carboxylic acids is 4. The van der Waals surface area contributed by atoms with Crippen LogP contribution in [0.15, 0.2) is 0 Å². The standard InChI is InChI=1S/C10H14O4/c1-7(6-12)8(2)10(14)9(13)4-3-5-11/h5-8H,3-4H2,1-2H3. The van der Waals surface area contributed by atoms with Crippen molar-refractivity contribution in [3.05, 3.63) is 0 Å². The van der Waals surface area contributed by atoms with Crippen molar-refractivity contribution in [2.24, 2.45) is 11.8 Å². The third-order valence-corrected chi connectivity index (χ3v) is 2.18. The van der Waals surface area contributed by atoms with E-state index < -0.39 is 23.4 Å². The molecule has 2 atom stereocenters. The fourth-order valence-electron chi connectivity index (χ4n) is 0.924. The number of rotatable bonds is 7. The van der Waals surface area contributed by atoms with Gasteiger partial charge in [0.05, 0.1) is 0 Å². The first-order chi connectivity index (χ1) is 6.54. The Morgan fingerprint density at radius 1 is 1.21 bits per heavy atom. The summed E-state index contributed by atoms with van der Waals surface area (Å²) in [4.78, 5) is 42.8. The number of Topliss-reactive ketones (excluding diaryl/α,β-unsaturated/α-hetero) is 2. The summed E-state index contributed by atoms with van der Waals surface area (Å²) in [6.07, 6.45) is 1.25. The lowest BCUT2D eigenvalue weighted by Gasteiger charge is -2.11. The van der Waals surface area contributed by atoms with Crippen molar-refractivity contribution in [3.8, 4) is 0 Å². The number of hydrogen-bond acceptors (Lipinski definition) is 4. The van der Waals surface area contributed by atoms with Crippen molar-refractivity contribution in [1.29, 1.82) is 0 Å². The van der Waals surface area contributed by atoms with Crippen LogP contribution in [-0.2, 0) is 19.2 Å². The van der Waals surface area contributed by atoms with Crippen molar-refractivity contribution >= 4 is 24.1 Å². The van der Waals surface area contributed by atoms with Crippen molar-refractivity contribution in [2.75, 3.05) is 0 Å². The smallest absolute Gasteiger partial charge is 0.201 e. The van der Waals surface area contributed by atoms with Gasteiger partial charge in [-0.1, -0.05) is 13.8 Å². The molecule has 0 fully saturated rings. The van der Waals surface area contributed by atoms with Crippen LogP contribution in [0.1, 0.15) is 26.7 Å². The van der Waals surface area contributed by atoms with Gasteiger partial charge in [-0.2, -0.15) is 0 Å². The number of ketones is 2. The number of carbonyl (C=O) groups is 4. The molecule has 0 saturated heterocycles. The van der Waals surface area contributed by atoms with Crippen LogP contribution in [0.3, 0.4) is 0 Å². The first-order valence-corrected chi connectivity index (χ1v) is 4.50. The fraction of sp³-hybridized carbons (Fsp3) is 0.600. The Bertz CT molecular complexity index is 245. The highest BCUT2D eigenvalue weighted by atomic mass is 16.2. The highest BCUT2D eigenvalue weighted by Crippen LogP contribution is 2.11. The van der Waals surface area contributed by atoms with E-state index in [0.717, 1.165) is 0 Å². The predicted octanol–water partition coefficient (Wildman–Crippen LogP) is 0.575. The summed E-state index contributed by atoms with van der Waals surface area (Å²) in [7, 11) is 0. The van der Waals surface area contributed by atoms with Gasteiger partial charge in [0.15, 0.2) is 5.78 Å². The molecule has 0 rings (SSSR count). The Kier molecular flexibility index (Phi) is 5.60. The maximum absolute atomic E-state index is 11.3. The Morgan fingerprint density at radius 2 is 1.79 bits per heavy atom. The van der Waals surface area contributed by atoms with Crippen molar-refractivity contribution in [1.82, 2.24) is 0 Å². The van der Waals surface area contributed by atoms with Gasteiger partial charge in [0.1, 0.15) is 12.6 Å². The zero-order chi connectivity index (χ0) is 11.1. The topological polar surface area (TPSA) is 68.3 Å². The Labute approximate surface area is 82.7 Å². The van der Waals surface area contributed by atoms with E-state index >= 15 is 0 Å². The lowest BCUT2D eigenvalue weighted by atomic mass is 9.90. The maximum Gasteiger partial charge on any atom is 0.201 e. The summed E-state index contributed by atoms with van der Waals surface area (Å²) >= 11 is 0. The fourth-order valence-corrected chi connectivity index (χ4v) is 0.924. The van der Waals surface area contributed by atoms with Crippen LogP contribution >= 0.6 is 0 Å². The molecule has 0 aromatic heterocycles. The zero-order valence-corrected chi connectivity index (χ0v) is 8.36. The maximum atomic E-state index is 11.3. The van der Waals surface area contributed by atoms with Crippen LogP contribution < -0.4 is 0 Å². The molecule has 78 valence electrons. The largest absolute Gasteiger partial charge is 0.303 e. The summed E-state index contributed by atoms with van der Waals surface area (Å²) < 4.78 is 0. The third-order valence-electron chi connectivity index (χ3n) is 2.18. The molecule has 2 unspecified atom stereocenters. The molecule has 0 aromatic carbocycles. The van der Waals surface area contributed by atoms with Crippen LogP contribution in [0, 0.1) is 11.8 Å². The number of aldehydes is 2. The second-order valence-electron chi connectivity index (χ2n) is 3.28. The average molecular weight is 198 g/mol. The molecule has 0 aliphatic heterocycles. The van der Waals surface area contributed by atoms with Crippen LogP contribution in [-0.4, -0.2) is 24.1 Å². The van der Waals surface area contributed by atoms with Crippen LogP contribution in [0.5, 0.6) is 0 Å². The average Bonchev–Trinajstić information content (AvgIpc) is 2.22. The molecular formula is C10H14O4. The molecular weight excluding hydrogens is 184 g/mol. The third kappa shape index (κ3) is 3.60. The van der Waals surface area contributed by atoms with E-state index in [-0.39, 0.29) is 12.8 Å². The molecule has 0 aromatic rings. The Hall–Kier alpha value is -1.32. The van der Waals surface area contributed by atoms with Crippen molar-refractivity contribution in [2.45, 2.75) is 26.7 Å². The molecule has 0 bridgehead atoms. The second kappa shape index (κ2) is 6.18. The van der Waals surface area contributed by atoms with Gasteiger partial charge in [-0.3, -0.25) is 9.59 Å². The van der Waals surface area contributed by atoms with Crippen LogP contribution in [0.25, 0.3) is 0 Å². The molecule has 0 aliphatic carbocycles. The van der Waals surface area contributed by atoms with Gasteiger partial charge in [0, 0.05) is 24.7 Å². The Balaban J connectivity index is 4.23. The van der Waals surface area contributed by atoms with Crippen molar-refractivity contribution < 1.29 is 19.2 Å². The van der Waals surface area contributed by atoms with E-state index in [1.807, 2.05) is 0 Å². The highest BCUT2D eigenvalue weighted by Gasteiger charge is 2.24. The molecule has 0 saturated carbocycles. The summed E-state index contributed by atoms with van der Waals surface area (Å²) in [5.74, 6) is -2.18. The van der Waals surface area contributed by atoms with Gasteiger partial charge in [0.2, 0.25) is 5.78 Å². The zero-order valence-electron chi connectivity index (χ0n) is 8.36. The lowest BCUT2D eigenvalue weighted by Crippen LogP contribution is -2.27. The monoisotopic (exact) mass is 198 g/mol. The molecule has 0 amide bonds. The van der Waals surface area contributed by atoms with Crippen LogP contribution in [0.2, 0.25) is 0 Å². The van der Waals surface area contributed by atoms with E-state index in [4.69, 9.17) is 0 Å². The first-order valence-electron chi connectivity index (χ1n) is 4.50. The minimum absolute atomic E-state index is 0.0573. The summed E-state index contributed by atoms with van der Waals surface area (Å²) in [6, 6.07) is 0. The van der Waals surface area contributed by atoms with Crippen LogP contribution in [0.4, 0.5) is 0 Å². The van der Waals surface area contributed by atoms with Gasteiger partial charge in [-0.15, -0.1) is 0 Å². The van der Waals surface area contributed by atoms with E-state index in [1.54, 1.807) is 13.8 Å². The summed E-state index contributed by atoms with van der Waals surface area (Å²) in [5.41, 5.74) is 0. The Morgan fingerprint density at radius 3 is 2.21 bits per heavy atom. The minimum atomic E-state index is -0.591. The second-order valence-corrected chi connectivity index (χ2v) is 3.28. The molecule has 14 heavy (non-hydrogen) atoms. The molecule has 4 heteroatoms. The summed E-state index contributed by atoms with van der Waals surface area (Å²) in [5, 5.41) is 0. The van der Waals surface area contributed by atoms with Gasteiger partial charge >= 0.3 is 0 Å². The number of hydrogen-bond donors (Lipinski definition) is 0. The lowest BCUT2D eigenvalue weighted by molar-refractivity contribution is -0.140. The van der Waals surface area contributed by atoms with E-state index in [9.17, 15) is 19.2 Å². The predicted molar refractivity (Wildman–Crippen MR) is 49.7 cm³/mol. The molecule has 0 radical (unpaired) electrons. The molecule has 4 nitrogen and oxygen atoms in total. The van der Waals surface area contributed by atoms with E-state index in [2.05, 4.69) is 0 Å². The van der Waals surface area contributed by atoms with Gasteiger partial charge in [0.25, 0.3) is 0 Å². The SMILES string of the molecule is CC(C=O)C(C)C(=O)C(=O)CCC=O.